The van der Waals surface area contributed by atoms with Crippen LogP contribution in [-0.2, 0) is 32.1 Å². The predicted octanol–water partition coefficient (Wildman–Crippen LogP) is -1.67. The fourth-order valence-corrected chi connectivity index (χ4v) is 5.79. The number of nitrogens with two attached hydrogens (primary N) is 2. The van der Waals surface area contributed by atoms with Crippen LogP contribution < -0.4 is 11.5 Å². The van der Waals surface area contributed by atoms with Gasteiger partial charge in [-0.05, 0) is 38.4 Å². The first-order valence-electron chi connectivity index (χ1n) is 10.3. The number of benzene rings is 1. The minimum Gasteiger partial charge on any atom is -0.507 e. The van der Waals surface area contributed by atoms with Gasteiger partial charge in [-0.2, -0.15) is 0 Å². The van der Waals surface area contributed by atoms with Crippen molar-refractivity contribution < 1.29 is 34.2 Å². The standard InChI is InChI=1S/C22H25N3O7/c1-25(2)15-11-6-10-5-8-3-4-9(7-23)16(26)12(8)17(27)13(10)19(29)22(11,32)20(30)14(18(15)28)21(24)31/h3-4,10-11,13-15,26,32H,5-7,23H2,1-2H3,(H2,24,31). The van der Waals surface area contributed by atoms with Crippen LogP contribution in [0.2, 0.25) is 0 Å². The Morgan fingerprint density at radius 2 is 1.84 bits per heavy atom. The van der Waals surface area contributed by atoms with Crippen molar-refractivity contribution in [3.8, 4) is 5.75 Å². The highest BCUT2D eigenvalue weighted by Crippen LogP contribution is 2.50. The zero-order valence-electron chi connectivity index (χ0n) is 17.7. The molecule has 170 valence electrons. The van der Waals surface area contributed by atoms with Crippen molar-refractivity contribution in [3.63, 3.8) is 0 Å². The molecule has 2 saturated carbocycles. The largest absolute Gasteiger partial charge is 0.507 e. The normalized spacial score (nSPS) is 34.2. The van der Waals surface area contributed by atoms with E-state index in [4.69, 9.17) is 11.5 Å². The topological polar surface area (TPSA) is 181 Å². The number of phenolic OH excluding ortho intramolecular Hbond substituents is 1. The van der Waals surface area contributed by atoms with Gasteiger partial charge in [0.25, 0.3) is 0 Å². The summed E-state index contributed by atoms with van der Waals surface area (Å²) in [4.78, 5) is 66.4. The second-order valence-corrected chi connectivity index (χ2v) is 9.10. The van der Waals surface area contributed by atoms with Crippen LogP contribution in [0.15, 0.2) is 12.1 Å². The summed E-state index contributed by atoms with van der Waals surface area (Å²) >= 11 is 0. The average Bonchev–Trinajstić information content (AvgIpc) is 2.70. The van der Waals surface area contributed by atoms with E-state index in [1.807, 2.05) is 0 Å². The number of aliphatic hydroxyl groups is 1. The SMILES string of the molecule is CN(C)C1C(=O)C(C(N)=O)C(=O)C2(O)C(=O)C3C(=O)c4c(ccc(CN)c4O)CC3CC12. The highest BCUT2D eigenvalue weighted by Gasteiger charge is 2.69. The molecule has 6 N–H and O–H groups in total. The van der Waals surface area contributed by atoms with Gasteiger partial charge < -0.3 is 21.7 Å². The van der Waals surface area contributed by atoms with Gasteiger partial charge in [-0.1, -0.05) is 12.1 Å². The smallest absolute Gasteiger partial charge is 0.235 e. The number of nitrogens with zero attached hydrogens (tertiary/aromatic N) is 1. The van der Waals surface area contributed by atoms with E-state index in [0.29, 0.717) is 11.1 Å². The number of aromatic hydroxyl groups is 1. The summed E-state index contributed by atoms with van der Waals surface area (Å²) in [5.74, 6) is -10.5. The molecular weight excluding hydrogens is 418 g/mol. The number of likely N-dealkylation sites (N-methyl/N-ethyl adjacent to an activating group) is 1. The average molecular weight is 443 g/mol. The second-order valence-electron chi connectivity index (χ2n) is 9.10. The van der Waals surface area contributed by atoms with E-state index >= 15 is 0 Å². The summed E-state index contributed by atoms with van der Waals surface area (Å²) in [7, 11) is 3.09. The Labute approximate surface area is 183 Å². The van der Waals surface area contributed by atoms with E-state index in [1.54, 1.807) is 26.2 Å². The third-order valence-corrected chi connectivity index (χ3v) is 7.24. The molecule has 0 spiro atoms. The van der Waals surface area contributed by atoms with E-state index in [1.165, 1.54) is 4.90 Å². The van der Waals surface area contributed by atoms with Crippen LogP contribution in [-0.4, -0.2) is 69.9 Å². The van der Waals surface area contributed by atoms with Gasteiger partial charge in [0.2, 0.25) is 5.91 Å². The molecule has 2 fully saturated rings. The second kappa shape index (κ2) is 7.29. The lowest BCUT2D eigenvalue weighted by atomic mass is 9.52. The quantitative estimate of drug-likeness (QED) is 0.397. The van der Waals surface area contributed by atoms with Crippen molar-refractivity contribution in [2.45, 2.75) is 31.0 Å². The molecule has 0 saturated heterocycles. The molecule has 4 rings (SSSR count). The van der Waals surface area contributed by atoms with Gasteiger partial charge in [0.15, 0.2) is 34.7 Å². The lowest BCUT2D eigenvalue weighted by Crippen LogP contribution is -2.74. The third-order valence-electron chi connectivity index (χ3n) is 7.24. The molecule has 0 bridgehead atoms. The summed E-state index contributed by atoms with van der Waals surface area (Å²) in [6.45, 7) is -0.0220. The molecule has 0 aromatic heterocycles. The molecule has 6 atom stereocenters. The molecule has 0 aliphatic heterocycles. The monoisotopic (exact) mass is 443 g/mol. The Bertz CT molecular complexity index is 1080. The van der Waals surface area contributed by atoms with Crippen LogP contribution in [0, 0.1) is 23.7 Å². The third kappa shape index (κ3) is 2.73. The summed E-state index contributed by atoms with van der Waals surface area (Å²) < 4.78 is 0. The molecule has 10 heteroatoms. The van der Waals surface area contributed by atoms with Gasteiger partial charge in [-0.25, -0.2) is 0 Å². The van der Waals surface area contributed by atoms with Crippen LogP contribution in [0.3, 0.4) is 0 Å². The Morgan fingerprint density at radius 3 is 2.41 bits per heavy atom. The van der Waals surface area contributed by atoms with Gasteiger partial charge in [0, 0.05) is 18.0 Å². The Kier molecular flexibility index (Phi) is 5.07. The van der Waals surface area contributed by atoms with Crippen molar-refractivity contribution in [1.29, 1.82) is 0 Å². The lowest BCUT2D eigenvalue weighted by Gasteiger charge is -2.52. The van der Waals surface area contributed by atoms with Crippen LogP contribution in [0.4, 0.5) is 0 Å². The summed E-state index contributed by atoms with van der Waals surface area (Å²) in [5.41, 5.74) is 9.00. The van der Waals surface area contributed by atoms with Crippen molar-refractivity contribution in [2.24, 2.45) is 35.1 Å². The van der Waals surface area contributed by atoms with Crippen LogP contribution in [0.25, 0.3) is 0 Å². The zero-order valence-corrected chi connectivity index (χ0v) is 17.7. The van der Waals surface area contributed by atoms with E-state index in [0.717, 1.165) is 0 Å². The number of carbonyl (C=O) groups excluding carboxylic acids is 5. The first kappa shape index (κ1) is 22.3. The number of phenols is 1. The van der Waals surface area contributed by atoms with Crippen molar-refractivity contribution in [3.05, 3.63) is 28.8 Å². The Balaban J connectivity index is 1.86. The minimum atomic E-state index is -2.71. The van der Waals surface area contributed by atoms with E-state index in [-0.39, 0.29) is 30.7 Å². The van der Waals surface area contributed by atoms with Gasteiger partial charge in [-0.3, -0.25) is 28.9 Å². The van der Waals surface area contributed by atoms with Gasteiger partial charge in [0.1, 0.15) is 5.75 Å². The van der Waals surface area contributed by atoms with E-state index in [9.17, 15) is 34.2 Å². The summed E-state index contributed by atoms with van der Waals surface area (Å²) in [5, 5.41) is 22.0. The number of fused-ring (bicyclic) bond motifs is 3. The number of ketones is 4. The number of carbonyl (C=O) groups is 5. The summed E-state index contributed by atoms with van der Waals surface area (Å²) in [6, 6.07) is 2.17. The Hall–Kier alpha value is -2.95. The number of Topliss-reactive ketones (excluding diaryl/α,β-unsaturated/α-hetero) is 4. The molecule has 1 aromatic rings. The predicted molar refractivity (Wildman–Crippen MR) is 109 cm³/mol. The highest BCUT2D eigenvalue weighted by molar-refractivity contribution is 6.32. The molecule has 0 radical (unpaired) electrons. The van der Waals surface area contributed by atoms with Crippen LogP contribution in [0.5, 0.6) is 5.75 Å². The Morgan fingerprint density at radius 1 is 1.19 bits per heavy atom. The maximum atomic E-state index is 13.6. The van der Waals surface area contributed by atoms with Gasteiger partial charge >= 0.3 is 0 Å². The van der Waals surface area contributed by atoms with Gasteiger partial charge in [-0.15, -0.1) is 0 Å². The van der Waals surface area contributed by atoms with Crippen molar-refractivity contribution >= 4 is 29.0 Å². The molecule has 3 aliphatic carbocycles. The van der Waals surface area contributed by atoms with Crippen molar-refractivity contribution in [1.82, 2.24) is 4.90 Å². The number of hydrogen-bond donors (Lipinski definition) is 4. The molecule has 32 heavy (non-hydrogen) atoms. The van der Waals surface area contributed by atoms with Gasteiger partial charge in [0.05, 0.1) is 17.5 Å². The number of rotatable bonds is 3. The highest BCUT2D eigenvalue weighted by atomic mass is 16.3. The zero-order chi connectivity index (χ0) is 23.7. The van der Waals surface area contributed by atoms with Crippen LogP contribution in [0.1, 0.15) is 27.9 Å². The fourth-order valence-electron chi connectivity index (χ4n) is 5.79. The number of amides is 1. The molecule has 1 aromatic carbocycles. The summed E-state index contributed by atoms with van der Waals surface area (Å²) in [6.07, 6.45) is 0.271. The lowest BCUT2D eigenvalue weighted by molar-refractivity contribution is -0.181. The maximum absolute atomic E-state index is 13.6. The molecule has 0 heterocycles. The molecule has 1 amide bonds. The van der Waals surface area contributed by atoms with Crippen molar-refractivity contribution in [2.75, 3.05) is 14.1 Å². The number of primary amides is 1. The number of hydrogen-bond acceptors (Lipinski definition) is 9. The van der Waals surface area contributed by atoms with E-state index < -0.39 is 64.4 Å². The molecule has 10 nitrogen and oxygen atoms in total. The molecule has 3 aliphatic rings. The molecular formula is C22H25N3O7. The first-order chi connectivity index (χ1) is 15.0. The minimum absolute atomic E-state index is 0.0220. The molecule has 6 unspecified atom stereocenters. The van der Waals surface area contributed by atoms with Crippen LogP contribution >= 0.6 is 0 Å². The van der Waals surface area contributed by atoms with E-state index in [2.05, 4.69) is 0 Å². The maximum Gasteiger partial charge on any atom is 0.235 e. The fraction of sp³-hybridized carbons (Fsp3) is 0.500. The first-order valence-corrected chi connectivity index (χ1v) is 10.3.